The molecule has 4 rings (SSSR count). The van der Waals surface area contributed by atoms with Crippen molar-refractivity contribution in [3.8, 4) is 11.5 Å². The second-order valence-electron chi connectivity index (χ2n) is 6.34. The number of anilines is 1. The molecule has 2 amide bonds. The molecule has 2 heterocycles. The number of nitro benzene ring substituents is 1. The molecule has 0 aliphatic carbocycles. The van der Waals surface area contributed by atoms with Crippen LogP contribution in [0.25, 0.3) is 0 Å². The molecule has 0 spiro atoms. The lowest BCUT2D eigenvalue weighted by Crippen LogP contribution is -2.33. The average molecular weight is 397 g/mol. The Labute approximate surface area is 164 Å². The minimum absolute atomic E-state index is 0.110. The number of carbonyl (C=O) groups is 2. The van der Waals surface area contributed by atoms with Crippen LogP contribution in [0.15, 0.2) is 47.6 Å². The summed E-state index contributed by atoms with van der Waals surface area (Å²) in [5.41, 5.74) is 0.702. The van der Waals surface area contributed by atoms with Crippen LogP contribution in [0.5, 0.6) is 11.5 Å². The van der Waals surface area contributed by atoms with Crippen LogP contribution in [-0.2, 0) is 14.4 Å². The van der Waals surface area contributed by atoms with Gasteiger partial charge < -0.3 is 14.3 Å². The van der Waals surface area contributed by atoms with Gasteiger partial charge in [0.15, 0.2) is 11.5 Å². The second-order valence-corrected chi connectivity index (χ2v) is 6.34. The van der Waals surface area contributed by atoms with Crippen LogP contribution in [0.2, 0.25) is 0 Å². The highest BCUT2D eigenvalue weighted by atomic mass is 16.7. The van der Waals surface area contributed by atoms with E-state index in [-0.39, 0.29) is 17.1 Å². The summed E-state index contributed by atoms with van der Waals surface area (Å²) in [5.74, 6) is -1.21. The predicted octanol–water partition coefficient (Wildman–Crippen LogP) is 1.90. The average Bonchev–Trinajstić information content (AvgIpc) is 3.27. The maximum Gasteiger partial charge on any atom is 0.278 e. The van der Waals surface area contributed by atoms with Crippen molar-refractivity contribution in [2.75, 3.05) is 19.1 Å². The molecule has 0 radical (unpaired) electrons. The molecule has 2 aliphatic rings. The van der Waals surface area contributed by atoms with Crippen molar-refractivity contribution in [2.45, 2.75) is 6.10 Å². The summed E-state index contributed by atoms with van der Waals surface area (Å²) in [4.78, 5) is 42.4. The Morgan fingerprint density at radius 1 is 1.07 bits per heavy atom. The normalized spacial score (nSPS) is 20.2. The highest BCUT2D eigenvalue weighted by molar-refractivity contribution is 6.32. The van der Waals surface area contributed by atoms with E-state index in [0.717, 1.165) is 4.90 Å². The van der Waals surface area contributed by atoms with Crippen molar-refractivity contribution in [3.05, 3.63) is 58.1 Å². The van der Waals surface area contributed by atoms with E-state index in [1.54, 1.807) is 18.2 Å². The number of ether oxygens (including phenoxy) is 2. The summed E-state index contributed by atoms with van der Waals surface area (Å²) in [6, 6.07) is 10.3. The van der Waals surface area contributed by atoms with Crippen LogP contribution >= 0.6 is 0 Å². The Bertz CT molecular complexity index is 1070. The van der Waals surface area contributed by atoms with Gasteiger partial charge in [-0.15, -0.1) is 0 Å². The summed E-state index contributed by atoms with van der Waals surface area (Å²) < 4.78 is 10.5. The van der Waals surface area contributed by atoms with Crippen molar-refractivity contribution in [3.63, 3.8) is 0 Å². The van der Waals surface area contributed by atoms with E-state index in [0.29, 0.717) is 17.1 Å². The second kappa shape index (κ2) is 6.89. The minimum atomic E-state index is -1.12. The van der Waals surface area contributed by atoms with Crippen LogP contribution in [0.1, 0.15) is 5.56 Å². The van der Waals surface area contributed by atoms with E-state index in [1.807, 2.05) is 0 Å². The summed E-state index contributed by atoms with van der Waals surface area (Å²) in [7, 11) is 2.98. The number of imide groups is 1. The van der Waals surface area contributed by atoms with Crippen LogP contribution in [0.3, 0.4) is 0 Å². The number of non-ortho nitro benzene ring substituents is 1. The molecule has 10 heteroatoms. The Morgan fingerprint density at radius 3 is 2.52 bits per heavy atom. The van der Waals surface area contributed by atoms with Gasteiger partial charge in [-0.05, 0) is 24.3 Å². The fourth-order valence-corrected chi connectivity index (χ4v) is 3.41. The van der Waals surface area contributed by atoms with E-state index in [1.165, 1.54) is 38.5 Å². The van der Waals surface area contributed by atoms with E-state index < -0.39 is 28.8 Å². The standard InChI is InChI=1S/C19H15N3O7/c1-27-13-7-6-10(8-14(13)28-2)16-15-17(29-20-16)19(24)21(18(15)23)11-4-3-5-12(9-11)22(25)26/h3-9,15,17H,1-2H3/t15-,17-/m1/s1. The molecule has 2 aromatic carbocycles. The van der Waals surface area contributed by atoms with Crippen molar-refractivity contribution < 1.29 is 28.8 Å². The van der Waals surface area contributed by atoms with E-state index in [2.05, 4.69) is 5.16 Å². The number of hydrogen-bond donors (Lipinski definition) is 0. The van der Waals surface area contributed by atoms with Crippen molar-refractivity contribution in [2.24, 2.45) is 11.1 Å². The molecular formula is C19H15N3O7. The van der Waals surface area contributed by atoms with Crippen LogP contribution in [-0.4, -0.2) is 42.8 Å². The van der Waals surface area contributed by atoms with Crippen molar-refractivity contribution in [1.29, 1.82) is 0 Å². The number of rotatable bonds is 5. The van der Waals surface area contributed by atoms with Gasteiger partial charge in [0.05, 0.1) is 24.8 Å². The third kappa shape index (κ3) is 2.85. The maximum atomic E-state index is 13.1. The number of hydrogen-bond acceptors (Lipinski definition) is 8. The molecule has 29 heavy (non-hydrogen) atoms. The summed E-state index contributed by atoms with van der Waals surface area (Å²) in [5, 5.41) is 15.0. The monoisotopic (exact) mass is 397 g/mol. The topological polar surface area (TPSA) is 121 Å². The molecule has 148 valence electrons. The zero-order valence-corrected chi connectivity index (χ0v) is 15.4. The van der Waals surface area contributed by atoms with Gasteiger partial charge in [0, 0.05) is 17.7 Å². The van der Waals surface area contributed by atoms with Crippen LogP contribution in [0.4, 0.5) is 11.4 Å². The van der Waals surface area contributed by atoms with Crippen molar-refractivity contribution in [1.82, 2.24) is 0 Å². The first-order valence-corrected chi connectivity index (χ1v) is 8.54. The highest BCUT2D eigenvalue weighted by Gasteiger charge is 2.56. The molecule has 0 saturated carbocycles. The van der Waals surface area contributed by atoms with Crippen molar-refractivity contribution >= 4 is 28.9 Å². The van der Waals surface area contributed by atoms with Crippen LogP contribution in [0, 0.1) is 16.0 Å². The Balaban J connectivity index is 1.69. The molecule has 0 bridgehead atoms. The number of fused-ring (bicyclic) bond motifs is 1. The molecule has 10 nitrogen and oxygen atoms in total. The lowest BCUT2D eigenvalue weighted by atomic mass is 9.94. The first-order valence-electron chi connectivity index (χ1n) is 8.54. The number of benzene rings is 2. The van der Waals surface area contributed by atoms with Gasteiger partial charge in [0.25, 0.3) is 11.6 Å². The molecule has 0 N–H and O–H groups in total. The first-order chi connectivity index (χ1) is 14.0. The molecule has 0 aromatic heterocycles. The van der Waals surface area contributed by atoms with Gasteiger partial charge in [-0.1, -0.05) is 11.2 Å². The molecule has 1 fully saturated rings. The number of oxime groups is 1. The number of amides is 2. The third-order valence-corrected chi connectivity index (χ3v) is 4.79. The van der Waals surface area contributed by atoms with Crippen LogP contribution < -0.4 is 14.4 Å². The molecule has 2 atom stereocenters. The molecule has 2 aromatic rings. The highest BCUT2D eigenvalue weighted by Crippen LogP contribution is 2.37. The lowest BCUT2D eigenvalue weighted by molar-refractivity contribution is -0.384. The third-order valence-electron chi connectivity index (χ3n) is 4.79. The molecular weight excluding hydrogens is 382 g/mol. The number of methoxy groups -OCH3 is 2. The number of nitrogens with zero attached hydrogens (tertiary/aromatic N) is 3. The van der Waals surface area contributed by atoms with Gasteiger partial charge in [-0.25, -0.2) is 4.90 Å². The largest absolute Gasteiger partial charge is 0.493 e. The predicted molar refractivity (Wildman–Crippen MR) is 100 cm³/mol. The minimum Gasteiger partial charge on any atom is -0.493 e. The number of carbonyl (C=O) groups excluding carboxylic acids is 2. The van der Waals surface area contributed by atoms with E-state index >= 15 is 0 Å². The number of nitro groups is 1. The Morgan fingerprint density at radius 2 is 1.83 bits per heavy atom. The molecule has 1 saturated heterocycles. The first kappa shape index (κ1) is 18.4. The van der Waals surface area contributed by atoms with Gasteiger partial charge >= 0.3 is 0 Å². The molecule has 2 aliphatic heterocycles. The summed E-state index contributed by atoms with van der Waals surface area (Å²) in [6.07, 6.45) is -1.12. The zero-order chi connectivity index (χ0) is 20.7. The lowest BCUT2D eigenvalue weighted by Gasteiger charge is -2.15. The van der Waals surface area contributed by atoms with E-state index in [9.17, 15) is 19.7 Å². The zero-order valence-electron chi connectivity index (χ0n) is 15.4. The fraction of sp³-hybridized carbons (Fsp3) is 0.211. The quantitative estimate of drug-likeness (QED) is 0.429. The maximum absolute atomic E-state index is 13.1. The van der Waals surface area contributed by atoms with Gasteiger partial charge in [-0.3, -0.25) is 19.7 Å². The van der Waals surface area contributed by atoms with E-state index in [4.69, 9.17) is 14.3 Å². The summed E-state index contributed by atoms with van der Waals surface area (Å²) in [6.45, 7) is 0. The van der Waals surface area contributed by atoms with Gasteiger partial charge in [0.2, 0.25) is 12.0 Å². The Hall–Kier alpha value is -3.95. The smallest absolute Gasteiger partial charge is 0.278 e. The molecule has 0 unspecified atom stereocenters. The van der Waals surface area contributed by atoms with Gasteiger partial charge in [0.1, 0.15) is 11.6 Å². The summed E-state index contributed by atoms with van der Waals surface area (Å²) >= 11 is 0. The van der Waals surface area contributed by atoms with Gasteiger partial charge in [-0.2, -0.15) is 0 Å². The fourth-order valence-electron chi connectivity index (χ4n) is 3.41. The Kier molecular flexibility index (Phi) is 4.38. The SMILES string of the molecule is COc1ccc(C2=NO[C@H]3C(=O)N(c4cccc([N+](=O)[O-])c4)C(=O)[C@H]23)cc1OC.